The van der Waals surface area contributed by atoms with Gasteiger partial charge in [0.15, 0.2) is 4.67 Å². The first-order valence-corrected chi connectivity index (χ1v) is 4.85. The lowest BCUT2D eigenvalue weighted by Crippen LogP contribution is -1.99. The first-order chi connectivity index (χ1) is 5.22. The lowest BCUT2D eigenvalue weighted by Gasteiger charge is -2.02. The lowest BCUT2D eigenvalue weighted by atomic mass is 10.1. The maximum atomic E-state index is 5.66. The first kappa shape index (κ1) is 9.14. The quantitative estimate of drug-likeness (QED) is 0.734. The van der Waals surface area contributed by atoms with Crippen molar-refractivity contribution in [1.29, 1.82) is 0 Å². The fraction of sp³-hybridized carbons (Fsp3) is 0.500. The highest BCUT2D eigenvalue weighted by molar-refractivity contribution is 9.10. The van der Waals surface area contributed by atoms with Gasteiger partial charge in [0.1, 0.15) is 5.76 Å². The summed E-state index contributed by atoms with van der Waals surface area (Å²) < 4.78 is 6.10. The minimum absolute atomic E-state index is 0.481. The Morgan fingerprint density at radius 2 is 2.36 bits per heavy atom. The van der Waals surface area contributed by atoms with E-state index in [2.05, 4.69) is 22.9 Å². The Bertz CT molecular complexity index is 222. The zero-order valence-corrected chi connectivity index (χ0v) is 8.65. The van der Waals surface area contributed by atoms with Crippen molar-refractivity contribution in [1.82, 2.24) is 0 Å². The van der Waals surface area contributed by atoms with Crippen LogP contribution in [0.15, 0.2) is 21.2 Å². The van der Waals surface area contributed by atoms with Gasteiger partial charge in [-0.3, -0.25) is 0 Å². The molecular weight excluding hydrogens is 227 g/mol. The summed E-state index contributed by atoms with van der Waals surface area (Å²) in [5, 5.41) is 0. The van der Waals surface area contributed by atoms with E-state index in [4.69, 9.17) is 16.0 Å². The van der Waals surface area contributed by atoms with E-state index < -0.39 is 0 Å². The van der Waals surface area contributed by atoms with Crippen molar-refractivity contribution in [2.75, 3.05) is 5.88 Å². The summed E-state index contributed by atoms with van der Waals surface area (Å²) in [6.07, 6.45) is 0.912. The summed E-state index contributed by atoms with van der Waals surface area (Å²) in [7, 11) is 0. The van der Waals surface area contributed by atoms with Crippen LogP contribution >= 0.6 is 27.5 Å². The van der Waals surface area contributed by atoms with Gasteiger partial charge in [0.2, 0.25) is 0 Å². The molecule has 1 aromatic rings. The van der Waals surface area contributed by atoms with Gasteiger partial charge >= 0.3 is 0 Å². The van der Waals surface area contributed by atoms with E-state index in [0.29, 0.717) is 11.8 Å². The number of hydrogen-bond acceptors (Lipinski definition) is 1. The van der Waals surface area contributed by atoms with Gasteiger partial charge in [-0.05, 0) is 34.0 Å². The van der Waals surface area contributed by atoms with Crippen LogP contribution in [-0.4, -0.2) is 5.88 Å². The van der Waals surface area contributed by atoms with Crippen molar-refractivity contribution in [3.05, 3.63) is 22.6 Å². The number of furan rings is 1. The summed E-state index contributed by atoms with van der Waals surface area (Å²) in [5.74, 6) is 2.15. The second kappa shape index (κ2) is 4.17. The minimum atomic E-state index is 0.481. The van der Waals surface area contributed by atoms with Crippen LogP contribution in [0.1, 0.15) is 12.7 Å². The highest BCUT2D eigenvalue weighted by Crippen LogP contribution is 2.17. The number of halogens is 2. The molecule has 0 saturated heterocycles. The Balaban J connectivity index is 2.50. The van der Waals surface area contributed by atoms with Crippen molar-refractivity contribution >= 4 is 27.5 Å². The molecule has 0 bridgehead atoms. The lowest BCUT2D eigenvalue weighted by molar-refractivity contribution is 0.458. The van der Waals surface area contributed by atoms with Gasteiger partial charge in [0, 0.05) is 12.3 Å². The van der Waals surface area contributed by atoms with E-state index in [-0.39, 0.29) is 0 Å². The maximum absolute atomic E-state index is 5.66. The second-order valence-corrected chi connectivity index (χ2v) is 3.76. The molecule has 0 aliphatic carbocycles. The second-order valence-electron chi connectivity index (χ2n) is 2.67. The summed E-state index contributed by atoms with van der Waals surface area (Å²) in [6.45, 7) is 2.10. The number of hydrogen-bond donors (Lipinski definition) is 0. The molecule has 0 aromatic carbocycles. The van der Waals surface area contributed by atoms with Crippen LogP contribution in [0.2, 0.25) is 0 Å². The molecule has 1 heterocycles. The zero-order valence-electron chi connectivity index (χ0n) is 6.31. The monoisotopic (exact) mass is 236 g/mol. The van der Waals surface area contributed by atoms with Gasteiger partial charge in [-0.1, -0.05) is 6.92 Å². The SMILES string of the molecule is CC(CCl)Cc1ccc(Br)o1. The molecule has 1 rings (SSSR count). The smallest absolute Gasteiger partial charge is 0.169 e. The van der Waals surface area contributed by atoms with Crippen molar-refractivity contribution in [2.45, 2.75) is 13.3 Å². The average Bonchev–Trinajstić information content (AvgIpc) is 2.35. The topological polar surface area (TPSA) is 13.1 Å². The highest BCUT2D eigenvalue weighted by Gasteiger charge is 2.04. The molecule has 11 heavy (non-hydrogen) atoms. The summed E-state index contributed by atoms with van der Waals surface area (Å²) in [6, 6.07) is 3.86. The average molecular weight is 238 g/mol. The van der Waals surface area contributed by atoms with Crippen LogP contribution in [0.25, 0.3) is 0 Å². The van der Waals surface area contributed by atoms with Gasteiger partial charge in [0.05, 0.1) is 0 Å². The Morgan fingerprint density at radius 1 is 1.64 bits per heavy atom. The van der Waals surface area contributed by atoms with Gasteiger partial charge in [0.25, 0.3) is 0 Å². The molecule has 0 saturated carbocycles. The van der Waals surface area contributed by atoms with Gasteiger partial charge in [-0.25, -0.2) is 0 Å². The predicted octanol–water partition coefficient (Wildman–Crippen LogP) is 3.46. The Hall–Kier alpha value is 0.0500. The van der Waals surface area contributed by atoms with Crippen LogP contribution < -0.4 is 0 Å². The molecule has 62 valence electrons. The molecule has 0 spiro atoms. The summed E-state index contributed by atoms with van der Waals surface area (Å²) in [4.78, 5) is 0. The Kier molecular flexibility index (Phi) is 3.46. The molecule has 1 atom stereocenters. The van der Waals surface area contributed by atoms with Crippen molar-refractivity contribution in [3.63, 3.8) is 0 Å². The molecule has 3 heteroatoms. The number of alkyl halides is 1. The molecule has 0 amide bonds. The molecular formula is C8H10BrClO. The van der Waals surface area contributed by atoms with Crippen LogP contribution in [0.5, 0.6) is 0 Å². The molecule has 0 aliphatic heterocycles. The van der Waals surface area contributed by atoms with Crippen LogP contribution in [-0.2, 0) is 6.42 Å². The Labute approximate surface area is 79.9 Å². The predicted molar refractivity (Wildman–Crippen MR) is 50.0 cm³/mol. The van der Waals surface area contributed by atoms with Crippen molar-refractivity contribution in [2.24, 2.45) is 5.92 Å². The van der Waals surface area contributed by atoms with E-state index in [1.165, 1.54) is 0 Å². The summed E-state index contributed by atoms with van der Waals surface area (Å²) >= 11 is 8.90. The third-order valence-corrected chi connectivity index (χ3v) is 2.39. The molecule has 0 aliphatic rings. The van der Waals surface area contributed by atoms with Crippen LogP contribution in [0.3, 0.4) is 0 Å². The third kappa shape index (κ3) is 2.88. The van der Waals surface area contributed by atoms with E-state index in [1.54, 1.807) is 0 Å². The van der Waals surface area contributed by atoms with Gasteiger partial charge < -0.3 is 4.42 Å². The Morgan fingerprint density at radius 3 is 2.82 bits per heavy atom. The largest absolute Gasteiger partial charge is 0.454 e. The standard InChI is InChI=1S/C8H10BrClO/c1-6(5-10)4-7-2-3-8(9)11-7/h2-3,6H,4-5H2,1H3. The molecule has 0 fully saturated rings. The minimum Gasteiger partial charge on any atom is -0.454 e. The normalized spacial score (nSPS) is 13.4. The van der Waals surface area contributed by atoms with Crippen LogP contribution in [0, 0.1) is 5.92 Å². The van der Waals surface area contributed by atoms with E-state index in [9.17, 15) is 0 Å². The molecule has 0 N–H and O–H groups in total. The van der Waals surface area contributed by atoms with Crippen molar-refractivity contribution in [3.8, 4) is 0 Å². The van der Waals surface area contributed by atoms with Crippen LogP contribution in [0.4, 0.5) is 0 Å². The third-order valence-electron chi connectivity index (χ3n) is 1.44. The van der Waals surface area contributed by atoms with E-state index in [1.807, 2.05) is 12.1 Å². The van der Waals surface area contributed by atoms with Crippen molar-refractivity contribution < 1.29 is 4.42 Å². The van der Waals surface area contributed by atoms with E-state index >= 15 is 0 Å². The summed E-state index contributed by atoms with van der Waals surface area (Å²) in [5.41, 5.74) is 0. The molecule has 0 radical (unpaired) electrons. The van der Waals surface area contributed by atoms with Gasteiger partial charge in [-0.2, -0.15) is 0 Å². The maximum Gasteiger partial charge on any atom is 0.169 e. The zero-order chi connectivity index (χ0) is 8.27. The molecule has 1 aromatic heterocycles. The first-order valence-electron chi connectivity index (χ1n) is 3.52. The molecule has 1 nitrogen and oxygen atoms in total. The number of rotatable bonds is 3. The highest BCUT2D eigenvalue weighted by atomic mass is 79.9. The van der Waals surface area contributed by atoms with Gasteiger partial charge in [-0.15, -0.1) is 11.6 Å². The fourth-order valence-corrected chi connectivity index (χ4v) is 1.31. The van der Waals surface area contributed by atoms with E-state index in [0.717, 1.165) is 16.9 Å². The molecule has 1 unspecified atom stereocenters. The fourth-order valence-electron chi connectivity index (χ4n) is 0.859.